The summed E-state index contributed by atoms with van der Waals surface area (Å²) >= 11 is 7.29. The largest absolute Gasteiger partial charge is 0.356 e. The number of amides is 1. The molecule has 0 bridgehead atoms. The summed E-state index contributed by atoms with van der Waals surface area (Å²) in [5.74, 6) is 2.03. The third kappa shape index (κ3) is 3.78. The summed E-state index contributed by atoms with van der Waals surface area (Å²) in [6.45, 7) is 5.08. The summed E-state index contributed by atoms with van der Waals surface area (Å²) in [7, 11) is 0. The van der Waals surface area contributed by atoms with Crippen LogP contribution < -0.4 is 9.80 Å². The zero-order valence-corrected chi connectivity index (χ0v) is 16.2. The van der Waals surface area contributed by atoms with Crippen molar-refractivity contribution in [3.63, 3.8) is 0 Å². The standard InChI is InChI=1S/C18H22ClN5OS/c19-15-5-4-14(26-15)18(25)24-10-8-23(9-11-24)17-12-16(20-13-21-17)22-6-2-1-3-7-22/h4-5,12-13H,1-3,6-11H2. The Hall–Kier alpha value is -1.86. The molecule has 138 valence electrons. The average molecular weight is 392 g/mol. The highest BCUT2D eigenvalue weighted by Gasteiger charge is 2.24. The molecule has 0 saturated carbocycles. The highest BCUT2D eigenvalue weighted by molar-refractivity contribution is 7.17. The van der Waals surface area contributed by atoms with E-state index in [-0.39, 0.29) is 5.91 Å². The van der Waals surface area contributed by atoms with Gasteiger partial charge in [0.25, 0.3) is 5.91 Å². The smallest absolute Gasteiger partial charge is 0.264 e. The van der Waals surface area contributed by atoms with Crippen molar-refractivity contribution in [2.24, 2.45) is 0 Å². The first kappa shape index (κ1) is 17.5. The predicted octanol–water partition coefficient (Wildman–Crippen LogP) is 3.14. The van der Waals surface area contributed by atoms with Gasteiger partial charge >= 0.3 is 0 Å². The minimum absolute atomic E-state index is 0.0678. The highest BCUT2D eigenvalue weighted by Crippen LogP contribution is 2.25. The van der Waals surface area contributed by atoms with E-state index < -0.39 is 0 Å². The van der Waals surface area contributed by atoms with Crippen LogP contribution >= 0.6 is 22.9 Å². The van der Waals surface area contributed by atoms with Crippen molar-refractivity contribution in [3.05, 3.63) is 33.7 Å². The molecule has 2 aliphatic heterocycles. The fraction of sp³-hybridized carbons (Fsp3) is 0.500. The number of aromatic nitrogens is 2. The topological polar surface area (TPSA) is 52.6 Å². The van der Waals surface area contributed by atoms with E-state index in [1.54, 1.807) is 18.5 Å². The molecule has 4 heterocycles. The van der Waals surface area contributed by atoms with Crippen molar-refractivity contribution >= 4 is 40.5 Å². The fourth-order valence-corrected chi connectivity index (χ4v) is 4.54. The lowest BCUT2D eigenvalue weighted by molar-refractivity contribution is 0.0751. The molecule has 2 saturated heterocycles. The van der Waals surface area contributed by atoms with Gasteiger partial charge in [-0.2, -0.15) is 0 Å². The third-order valence-corrected chi connectivity index (χ3v) is 6.21. The number of halogens is 1. The van der Waals surface area contributed by atoms with E-state index in [0.717, 1.165) is 37.8 Å². The molecule has 2 fully saturated rings. The number of nitrogens with zero attached hydrogens (tertiary/aromatic N) is 5. The van der Waals surface area contributed by atoms with Crippen molar-refractivity contribution in [2.45, 2.75) is 19.3 Å². The summed E-state index contributed by atoms with van der Waals surface area (Å²) in [5, 5.41) is 0. The van der Waals surface area contributed by atoms with Crippen LogP contribution in [0.15, 0.2) is 24.5 Å². The lowest BCUT2D eigenvalue weighted by atomic mass is 10.1. The number of hydrogen-bond donors (Lipinski definition) is 0. The molecule has 0 radical (unpaired) electrons. The molecule has 1 amide bonds. The maximum absolute atomic E-state index is 12.5. The van der Waals surface area contributed by atoms with Gasteiger partial charge in [-0.15, -0.1) is 11.3 Å². The first-order chi connectivity index (χ1) is 12.7. The SMILES string of the molecule is O=C(c1ccc(Cl)s1)N1CCN(c2cc(N3CCCCC3)ncn2)CC1. The minimum Gasteiger partial charge on any atom is -0.356 e. The van der Waals surface area contributed by atoms with Crippen molar-refractivity contribution < 1.29 is 4.79 Å². The Morgan fingerprint density at radius 1 is 0.923 bits per heavy atom. The Morgan fingerprint density at radius 2 is 1.58 bits per heavy atom. The van der Waals surface area contributed by atoms with Crippen LogP contribution in [-0.4, -0.2) is 60.0 Å². The quantitative estimate of drug-likeness (QED) is 0.804. The number of hydrogen-bond acceptors (Lipinski definition) is 6. The minimum atomic E-state index is 0.0678. The van der Waals surface area contributed by atoms with Crippen molar-refractivity contribution in [1.29, 1.82) is 0 Å². The van der Waals surface area contributed by atoms with Crippen LogP contribution in [-0.2, 0) is 0 Å². The molecule has 0 aromatic carbocycles. The number of rotatable bonds is 3. The number of piperidine rings is 1. The van der Waals surface area contributed by atoms with Gasteiger partial charge in [0.05, 0.1) is 9.21 Å². The van der Waals surface area contributed by atoms with Crippen molar-refractivity contribution in [3.8, 4) is 0 Å². The Kier molecular flexibility index (Phi) is 5.26. The summed E-state index contributed by atoms with van der Waals surface area (Å²) < 4.78 is 0.651. The van der Waals surface area contributed by atoms with E-state index in [2.05, 4.69) is 25.8 Å². The van der Waals surface area contributed by atoms with E-state index in [1.165, 1.54) is 30.6 Å². The monoisotopic (exact) mass is 391 g/mol. The number of carbonyl (C=O) groups excluding carboxylic acids is 1. The molecule has 2 aliphatic rings. The summed E-state index contributed by atoms with van der Waals surface area (Å²) in [6.07, 6.45) is 5.42. The third-order valence-electron chi connectivity index (χ3n) is 4.99. The van der Waals surface area contributed by atoms with E-state index in [1.807, 2.05) is 4.90 Å². The van der Waals surface area contributed by atoms with Gasteiger partial charge in [-0.05, 0) is 31.4 Å². The molecule has 2 aromatic rings. The Balaban J connectivity index is 1.39. The Labute approximate surface area is 162 Å². The molecular formula is C18H22ClN5OS. The Bertz CT molecular complexity index is 768. The Morgan fingerprint density at radius 3 is 2.19 bits per heavy atom. The molecule has 0 atom stereocenters. The van der Waals surface area contributed by atoms with Crippen LogP contribution in [0.2, 0.25) is 4.34 Å². The number of carbonyl (C=O) groups is 1. The highest BCUT2D eigenvalue weighted by atomic mass is 35.5. The molecule has 0 spiro atoms. The summed E-state index contributed by atoms with van der Waals surface area (Å²) in [4.78, 5) is 28.6. The van der Waals surface area contributed by atoms with E-state index >= 15 is 0 Å². The van der Waals surface area contributed by atoms with Gasteiger partial charge in [-0.25, -0.2) is 9.97 Å². The number of anilines is 2. The second-order valence-corrected chi connectivity index (χ2v) is 8.38. The fourth-order valence-electron chi connectivity index (χ4n) is 3.53. The van der Waals surface area contributed by atoms with Gasteiger partial charge in [0.1, 0.15) is 18.0 Å². The van der Waals surface area contributed by atoms with Crippen LogP contribution in [0.3, 0.4) is 0 Å². The second kappa shape index (κ2) is 7.80. The van der Waals surface area contributed by atoms with Crippen LogP contribution in [0.4, 0.5) is 11.6 Å². The van der Waals surface area contributed by atoms with Crippen LogP contribution in [0.25, 0.3) is 0 Å². The van der Waals surface area contributed by atoms with Gasteiger partial charge < -0.3 is 14.7 Å². The van der Waals surface area contributed by atoms with E-state index in [0.29, 0.717) is 22.3 Å². The van der Waals surface area contributed by atoms with Gasteiger partial charge in [0, 0.05) is 45.3 Å². The lowest BCUT2D eigenvalue weighted by Crippen LogP contribution is -2.49. The van der Waals surface area contributed by atoms with Crippen LogP contribution in [0, 0.1) is 0 Å². The van der Waals surface area contributed by atoms with Gasteiger partial charge in [-0.1, -0.05) is 11.6 Å². The lowest BCUT2D eigenvalue weighted by Gasteiger charge is -2.35. The summed E-state index contributed by atoms with van der Waals surface area (Å²) in [6, 6.07) is 5.66. The normalized spacial score (nSPS) is 18.3. The van der Waals surface area contributed by atoms with Crippen molar-refractivity contribution in [2.75, 3.05) is 49.1 Å². The molecule has 0 aliphatic carbocycles. The molecule has 0 N–H and O–H groups in total. The molecule has 8 heteroatoms. The van der Waals surface area contributed by atoms with E-state index in [9.17, 15) is 4.79 Å². The molecule has 2 aromatic heterocycles. The second-order valence-electron chi connectivity index (χ2n) is 6.67. The average Bonchev–Trinajstić information content (AvgIpc) is 3.15. The van der Waals surface area contributed by atoms with Crippen LogP contribution in [0.5, 0.6) is 0 Å². The molecular weight excluding hydrogens is 370 g/mol. The first-order valence-corrected chi connectivity index (χ1v) is 10.3. The van der Waals surface area contributed by atoms with Crippen LogP contribution in [0.1, 0.15) is 28.9 Å². The van der Waals surface area contributed by atoms with Gasteiger partial charge in [-0.3, -0.25) is 4.79 Å². The van der Waals surface area contributed by atoms with E-state index in [4.69, 9.17) is 11.6 Å². The molecule has 0 unspecified atom stereocenters. The zero-order valence-electron chi connectivity index (χ0n) is 14.6. The molecule has 6 nitrogen and oxygen atoms in total. The molecule has 26 heavy (non-hydrogen) atoms. The maximum atomic E-state index is 12.5. The van der Waals surface area contributed by atoms with Gasteiger partial charge in [0.2, 0.25) is 0 Å². The number of piperazine rings is 1. The number of thiophene rings is 1. The maximum Gasteiger partial charge on any atom is 0.264 e. The predicted molar refractivity (Wildman–Crippen MR) is 106 cm³/mol. The zero-order chi connectivity index (χ0) is 17.9. The molecule has 4 rings (SSSR count). The summed E-state index contributed by atoms with van der Waals surface area (Å²) in [5.41, 5.74) is 0. The first-order valence-electron chi connectivity index (χ1n) is 9.07. The van der Waals surface area contributed by atoms with Gasteiger partial charge in [0.15, 0.2) is 0 Å². The van der Waals surface area contributed by atoms with Crippen molar-refractivity contribution in [1.82, 2.24) is 14.9 Å².